The molecule has 3 heterocycles. The lowest BCUT2D eigenvalue weighted by Crippen LogP contribution is -2.39. The Bertz CT molecular complexity index is 820. The number of nitrogens with one attached hydrogen (secondary N) is 2. The van der Waals surface area contributed by atoms with Crippen molar-refractivity contribution in [3.8, 4) is 0 Å². The van der Waals surface area contributed by atoms with Gasteiger partial charge in [0, 0.05) is 44.0 Å². The van der Waals surface area contributed by atoms with Crippen molar-refractivity contribution in [2.24, 2.45) is 7.05 Å². The van der Waals surface area contributed by atoms with E-state index >= 15 is 0 Å². The van der Waals surface area contributed by atoms with Crippen LogP contribution in [0.2, 0.25) is 0 Å². The fourth-order valence-electron chi connectivity index (χ4n) is 4.12. The maximum atomic E-state index is 12.7. The third-order valence-corrected chi connectivity index (χ3v) is 5.62. The Kier molecular flexibility index (Phi) is 4.96. The van der Waals surface area contributed by atoms with Crippen molar-refractivity contribution < 1.29 is 9.59 Å². The van der Waals surface area contributed by atoms with Gasteiger partial charge in [0.2, 0.25) is 0 Å². The van der Waals surface area contributed by atoms with Gasteiger partial charge >= 0.3 is 0 Å². The van der Waals surface area contributed by atoms with E-state index in [1.165, 1.54) is 12.8 Å². The molecule has 1 atom stereocenters. The van der Waals surface area contributed by atoms with E-state index in [1.54, 1.807) is 24.1 Å². The number of hydrogen-bond acceptors (Lipinski definition) is 4. The number of nitrogens with zero attached hydrogens (tertiary/aromatic N) is 4. The van der Waals surface area contributed by atoms with Crippen molar-refractivity contribution in [2.45, 2.75) is 50.5 Å². The van der Waals surface area contributed by atoms with Gasteiger partial charge in [0.25, 0.3) is 11.8 Å². The van der Waals surface area contributed by atoms with E-state index in [-0.39, 0.29) is 23.8 Å². The zero-order valence-electron chi connectivity index (χ0n) is 15.6. The number of aromatic amines is 1. The Balaban J connectivity index is 1.40. The molecule has 2 aromatic rings. The van der Waals surface area contributed by atoms with Gasteiger partial charge in [-0.3, -0.25) is 19.4 Å². The van der Waals surface area contributed by atoms with Crippen molar-refractivity contribution in [3.63, 3.8) is 0 Å². The first-order chi connectivity index (χ1) is 13.1. The zero-order valence-corrected chi connectivity index (χ0v) is 15.6. The van der Waals surface area contributed by atoms with Crippen LogP contribution in [-0.4, -0.2) is 55.8 Å². The minimum atomic E-state index is -0.108. The Hall–Kier alpha value is -2.64. The standard InChI is InChI=1S/C19H26N6O2/c1-24-11-14(10-20-24)19(27)25-8-4-5-13(12-25)16-9-17(23-22-16)18(26)21-15-6-2-3-7-15/h9-11,13,15H,2-8,12H2,1H3,(H,21,26)(H,22,23)/t13-/m1/s1. The number of aryl methyl sites for hydroxylation is 1. The molecule has 4 rings (SSSR count). The Morgan fingerprint density at radius 3 is 2.78 bits per heavy atom. The van der Waals surface area contributed by atoms with Gasteiger partial charge in [-0.25, -0.2) is 0 Å². The summed E-state index contributed by atoms with van der Waals surface area (Å²) in [6, 6.07) is 2.12. The molecule has 2 aromatic heterocycles. The molecular formula is C19H26N6O2. The summed E-state index contributed by atoms with van der Waals surface area (Å²) in [6.45, 7) is 1.37. The molecule has 0 spiro atoms. The lowest BCUT2D eigenvalue weighted by molar-refractivity contribution is 0.0705. The van der Waals surface area contributed by atoms with Crippen LogP contribution in [0, 0.1) is 0 Å². The molecule has 27 heavy (non-hydrogen) atoms. The molecule has 8 nitrogen and oxygen atoms in total. The summed E-state index contributed by atoms with van der Waals surface area (Å²) in [5.41, 5.74) is 1.97. The smallest absolute Gasteiger partial charge is 0.271 e. The quantitative estimate of drug-likeness (QED) is 0.858. The van der Waals surface area contributed by atoms with Gasteiger partial charge in [-0.05, 0) is 31.7 Å². The van der Waals surface area contributed by atoms with Crippen LogP contribution < -0.4 is 5.32 Å². The first kappa shape index (κ1) is 17.8. The number of hydrogen-bond donors (Lipinski definition) is 2. The van der Waals surface area contributed by atoms with Crippen molar-refractivity contribution in [1.82, 2.24) is 30.2 Å². The summed E-state index contributed by atoms with van der Waals surface area (Å²) in [6.07, 6.45) is 9.72. The number of rotatable bonds is 4. The number of piperidine rings is 1. The fraction of sp³-hybridized carbons (Fsp3) is 0.579. The predicted molar refractivity (Wildman–Crippen MR) is 99.4 cm³/mol. The maximum Gasteiger partial charge on any atom is 0.271 e. The van der Waals surface area contributed by atoms with Crippen LogP contribution in [0.1, 0.15) is 71.0 Å². The zero-order chi connectivity index (χ0) is 18.8. The second kappa shape index (κ2) is 7.54. The molecule has 2 N–H and O–H groups in total. The number of aromatic nitrogens is 4. The number of likely N-dealkylation sites (tertiary alicyclic amines) is 1. The van der Waals surface area contributed by atoms with E-state index in [9.17, 15) is 9.59 Å². The summed E-state index contributed by atoms with van der Waals surface area (Å²) < 4.78 is 1.64. The van der Waals surface area contributed by atoms with Gasteiger partial charge < -0.3 is 10.2 Å². The lowest BCUT2D eigenvalue weighted by atomic mass is 9.94. The van der Waals surface area contributed by atoms with E-state index in [0.29, 0.717) is 17.8 Å². The highest BCUT2D eigenvalue weighted by molar-refractivity contribution is 5.94. The summed E-state index contributed by atoms with van der Waals surface area (Å²) in [5.74, 6) is 0.0647. The van der Waals surface area contributed by atoms with Crippen LogP contribution >= 0.6 is 0 Å². The Morgan fingerprint density at radius 2 is 2.04 bits per heavy atom. The van der Waals surface area contributed by atoms with Gasteiger partial charge in [-0.2, -0.15) is 10.2 Å². The van der Waals surface area contributed by atoms with Crippen LogP contribution in [-0.2, 0) is 7.05 Å². The van der Waals surface area contributed by atoms with Crippen LogP contribution in [0.25, 0.3) is 0 Å². The molecule has 0 radical (unpaired) electrons. The maximum absolute atomic E-state index is 12.7. The molecule has 0 aromatic carbocycles. The molecule has 1 aliphatic carbocycles. The van der Waals surface area contributed by atoms with Crippen molar-refractivity contribution >= 4 is 11.8 Å². The normalized spacial score (nSPS) is 20.8. The minimum Gasteiger partial charge on any atom is -0.348 e. The van der Waals surface area contributed by atoms with E-state index in [2.05, 4.69) is 20.6 Å². The number of H-pyrrole nitrogens is 1. The van der Waals surface area contributed by atoms with Crippen molar-refractivity contribution in [2.75, 3.05) is 13.1 Å². The number of carbonyl (C=O) groups excluding carboxylic acids is 2. The molecule has 8 heteroatoms. The van der Waals surface area contributed by atoms with Gasteiger partial charge in [-0.1, -0.05) is 12.8 Å². The molecule has 1 saturated heterocycles. The summed E-state index contributed by atoms with van der Waals surface area (Å²) in [4.78, 5) is 26.9. The highest BCUT2D eigenvalue weighted by Crippen LogP contribution is 2.27. The second-order valence-electron chi connectivity index (χ2n) is 7.66. The summed E-state index contributed by atoms with van der Waals surface area (Å²) in [7, 11) is 1.80. The van der Waals surface area contributed by atoms with Crippen LogP contribution in [0.15, 0.2) is 18.5 Å². The molecule has 0 bridgehead atoms. The SMILES string of the molecule is Cn1cc(C(=O)N2CCC[C@@H](c3cc(C(=O)NC4CCCC4)n[nH]3)C2)cn1. The van der Waals surface area contributed by atoms with E-state index < -0.39 is 0 Å². The van der Waals surface area contributed by atoms with Gasteiger partial charge in [-0.15, -0.1) is 0 Å². The van der Waals surface area contributed by atoms with Crippen LogP contribution in [0.4, 0.5) is 0 Å². The highest BCUT2D eigenvalue weighted by Gasteiger charge is 2.28. The average Bonchev–Trinajstić information content (AvgIpc) is 3.43. The first-order valence-corrected chi connectivity index (χ1v) is 9.74. The van der Waals surface area contributed by atoms with E-state index in [1.807, 2.05) is 11.0 Å². The summed E-state index contributed by atoms with van der Waals surface area (Å²) in [5, 5.41) is 14.4. The monoisotopic (exact) mass is 370 g/mol. The van der Waals surface area contributed by atoms with Gasteiger partial charge in [0.1, 0.15) is 5.69 Å². The Labute approximate surface area is 158 Å². The number of amides is 2. The average molecular weight is 370 g/mol. The molecule has 2 fully saturated rings. The first-order valence-electron chi connectivity index (χ1n) is 9.74. The Morgan fingerprint density at radius 1 is 1.22 bits per heavy atom. The van der Waals surface area contributed by atoms with E-state index in [0.717, 1.165) is 37.9 Å². The molecular weight excluding hydrogens is 344 g/mol. The highest BCUT2D eigenvalue weighted by atomic mass is 16.2. The van der Waals surface area contributed by atoms with Crippen LogP contribution in [0.3, 0.4) is 0 Å². The van der Waals surface area contributed by atoms with Crippen LogP contribution in [0.5, 0.6) is 0 Å². The van der Waals surface area contributed by atoms with Crippen molar-refractivity contribution in [1.29, 1.82) is 0 Å². The third kappa shape index (κ3) is 3.89. The largest absolute Gasteiger partial charge is 0.348 e. The molecule has 2 aliphatic rings. The third-order valence-electron chi connectivity index (χ3n) is 5.62. The summed E-state index contributed by atoms with van der Waals surface area (Å²) >= 11 is 0. The van der Waals surface area contributed by atoms with Gasteiger partial charge in [0.05, 0.1) is 11.8 Å². The topological polar surface area (TPSA) is 95.9 Å². The molecule has 0 unspecified atom stereocenters. The van der Waals surface area contributed by atoms with Gasteiger partial charge in [0.15, 0.2) is 0 Å². The molecule has 1 aliphatic heterocycles. The molecule has 2 amide bonds. The second-order valence-corrected chi connectivity index (χ2v) is 7.66. The number of carbonyl (C=O) groups is 2. The predicted octanol–water partition coefficient (Wildman–Crippen LogP) is 1.84. The molecule has 144 valence electrons. The minimum absolute atomic E-state index is 0.00603. The fourth-order valence-corrected chi connectivity index (χ4v) is 4.12. The van der Waals surface area contributed by atoms with E-state index in [4.69, 9.17) is 0 Å². The molecule has 1 saturated carbocycles. The van der Waals surface area contributed by atoms with Crippen molar-refractivity contribution in [3.05, 3.63) is 35.4 Å². The lowest BCUT2D eigenvalue weighted by Gasteiger charge is -2.32.